The molecule has 0 aromatic carbocycles. The van der Waals surface area contributed by atoms with E-state index in [2.05, 4.69) is 10.4 Å². The van der Waals surface area contributed by atoms with Gasteiger partial charge in [-0.3, -0.25) is 4.68 Å². The van der Waals surface area contributed by atoms with Gasteiger partial charge in [0.05, 0.1) is 25.5 Å². The quantitative estimate of drug-likeness (QED) is 0.691. The van der Waals surface area contributed by atoms with Crippen LogP contribution in [0.1, 0.15) is 31.2 Å². The van der Waals surface area contributed by atoms with Gasteiger partial charge in [-0.05, 0) is 31.7 Å². The van der Waals surface area contributed by atoms with Crippen LogP contribution in [0.5, 0.6) is 0 Å². The van der Waals surface area contributed by atoms with Gasteiger partial charge in [0.1, 0.15) is 0 Å². The summed E-state index contributed by atoms with van der Waals surface area (Å²) in [6.07, 6.45) is 7.94. The summed E-state index contributed by atoms with van der Waals surface area (Å²) < 4.78 is 1.75. The molecule has 1 fully saturated rings. The molecule has 102 valence electrons. The van der Waals surface area contributed by atoms with Crippen LogP contribution in [0.25, 0.3) is 0 Å². The van der Waals surface area contributed by atoms with E-state index in [4.69, 9.17) is 5.11 Å². The fraction of sp³-hybridized carbons (Fsp3) is 0.769. The molecule has 1 aromatic rings. The number of nitrogens with one attached hydrogen (secondary N) is 1. The third-order valence-corrected chi connectivity index (χ3v) is 3.53. The lowest BCUT2D eigenvalue weighted by atomic mass is 9.87. The van der Waals surface area contributed by atoms with E-state index in [0.29, 0.717) is 12.5 Å². The van der Waals surface area contributed by atoms with Gasteiger partial charge in [0.15, 0.2) is 0 Å². The van der Waals surface area contributed by atoms with Crippen molar-refractivity contribution in [3.05, 3.63) is 18.0 Å². The van der Waals surface area contributed by atoms with Gasteiger partial charge in [0, 0.05) is 18.3 Å². The van der Waals surface area contributed by atoms with Crippen molar-refractivity contribution in [1.29, 1.82) is 0 Å². The van der Waals surface area contributed by atoms with Crippen LogP contribution in [0, 0.1) is 5.92 Å². The van der Waals surface area contributed by atoms with Crippen molar-refractivity contribution in [2.45, 2.75) is 44.9 Å². The molecule has 0 amide bonds. The van der Waals surface area contributed by atoms with E-state index < -0.39 is 0 Å². The lowest BCUT2D eigenvalue weighted by molar-refractivity contribution is 0.101. The Morgan fingerprint density at radius 3 is 3.11 bits per heavy atom. The van der Waals surface area contributed by atoms with Crippen molar-refractivity contribution in [1.82, 2.24) is 15.1 Å². The maximum absolute atomic E-state index is 9.59. The van der Waals surface area contributed by atoms with E-state index in [-0.39, 0.29) is 12.7 Å². The normalized spacial score (nSPS) is 24.3. The van der Waals surface area contributed by atoms with Crippen molar-refractivity contribution in [2.24, 2.45) is 5.92 Å². The van der Waals surface area contributed by atoms with Gasteiger partial charge < -0.3 is 15.5 Å². The van der Waals surface area contributed by atoms with Gasteiger partial charge in [0.2, 0.25) is 0 Å². The number of aliphatic hydroxyl groups excluding tert-OH is 2. The number of nitrogens with zero attached hydrogens (tertiary/aromatic N) is 2. The second-order valence-corrected chi connectivity index (χ2v) is 5.15. The number of aliphatic hydroxyl groups is 2. The number of hydrogen-bond acceptors (Lipinski definition) is 4. The molecule has 0 aliphatic heterocycles. The molecule has 5 nitrogen and oxygen atoms in total. The summed E-state index contributed by atoms with van der Waals surface area (Å²) >= 11 is 0. The zero-order valence-electron chi connectivity index (χ0n) is 10.8. The molecule has 0 spiro atoms. The smallest absolute Gasteiger partial charge is 0.0640 e. The van der Waals surface area contributed by atoms with Crippen molar-refractivity contribution in [3.8, 4) is 0 Å². The predicted molar refractivity (Wildman–Crippen MR) is 69.0 cm³/mol. The largest absolute Gasteiger partial charge is 0.394 e. The first-order valence-electron chi connectivity index (χ1n) is 6.79. The molecule has 1 aliphatic carbocycles. The maximum atomic E-state index is 9.59. The Morgan fingerprint density at radius 1 is 1.44 bits per heavy atom. The van der Waals surface area contributed by atoms with E-state index >= 15 is 0 Å². The van der Waals surface area contributed by atoms with E-state index in [1.165, 1.54) is 6.42 Å². The first kappa shape index (κ1) is 13.5. The van der Waals surface area contributed by atoms with Crippen LogP contribution in [0.2, 0.25) is 0 Å². The van der Waals surface area contributed by atoms with Crippen LogP contribution in [-0.2, 0) is 13.1 Å². The number of hydrogen-bond donors (Lipinski definition) is 3. The Labute approximate surface area is 108 Å². The molecular formula is C13H23N3O2. The summed E-state index contributed by atoms with van der Waals surface area (Å²) in [7, 11) is 0. The monoisotopic (exact) mass is 253 g/mol. The lowest BCUT2D eigenvalue weighted by Gasteiger charge is -2.25. The van der Waals surface area contributed by atoms with Crippen molar-refractivity contribution < 1.29 is 10.2 Å². The first-order chi connectivity index (χ1) is 8.78. The van der Waals surface area contributed by atoms with Crippen LogP contribution >= 0.6 is 0 Å². The Hall–Kier alpha value is -0.910. The molecule has 5 heteroatoms. The predicted octanol–water partition coefficient (Wildman–Crippen LogP) is 0.516. The van der Waals surface area contributed by atoms with Crippen LogP contribution in [0.15, 0.2) is 12.4 Å². The molecule has 0 saturated heterocycles. The van der Waals surface area contributed by atoms with Gasteiger partial charge in [-0.1, -0.05) is 6.42 Å². The standard InChI is InChI=1S/C13H23N3O2/c17-5-4-16-10-12(9-15-16)8-14-7-11-2-1-3-13(18)6-11/h9-11,13-14,17-18H,1-8H2. The Bertz CT molecular complexity index is 354. The van der Waals surface area contributed by atoms with Crippen LogP contribution in [-0.4, -0.2) is 39.2 Å². The molecule has 0 radical (unpaired) electrons. The van der Waals surface area contributed by atoms with E-state index in [1.54, 1.807) is 4.68 Å². The average Bonchev–Trinajstić information content (AvgIpc) is 2.78. The third-order valence-electron chi connectivity index (χ3n) is 3.53. The lowest BCUT2D eigenvalue weighted by Crippen LogP contribution is -2.28. The summed E-state index contributed by atoms with van der Waals surface area (Å²) in [5, 5.41) is 26.0. The average molecular weight is 253 g/mol. The van der Waals surface area contributed by atoms with Crippen LogP contribution in [0.3, 0.4) is 0 Å². The Balaban J connectivity index is 1.67. The minimum atomic E-state index is -0.0992. The third kappa shape index (κ3) is 4.08. The number of rotatable bonds is 6. The van der Waals surface area contributed by atoms with Gasteiger partial charge in [-0.25, -0.2) is 0 Å². The fourth-order valence-corrected chi connectivity index (χ4v) is 2.59. The SMILES string of the molecule is OCCn1cc(CNCC2CCCC(O)C2)cn1. The van der Waals surface area contributed by atoms with Crippen molar-refractivity contribution >= 4 is 0 Å². The highest BCUT2D eigenvalue weighted by Gasteiger charge is 2.19. The highest BCUT2D eigenvalue weighted by molar-refractivity contribution is 5.03. The fourth-order valence-electron chi connectivity index (χ4n) is 2.59. The molecule has 2 atom stereocenters. The van der Waals surface area contributed by atoms with Gasteiger partial charge in [0.25, 0.3) is 0 Å². The summed E-state index contributed by atoms with van der Waals surface area (Å²) in [6, 6.07) is 0. The summed E-state index contributed by atoms with van der Waals surface area (Å²) in [5.74, 6) is 0.598. The second-order valence-electron chi connectivity index (χ2n) is 5.15. The highest BCUT2D eigenvalue weighted by Crippen LogP contribution is 2.23. The highest BCUT2D eigenvalue weighted by atomic mass is 16.3. The summed E-state index contributed by atoms with van der Waals surface area (Å²) in [4.78, 5) is 0. The Kier molecular flexibility index (Phi) is 5.16. The van der Waals surface area contributed by atoms with Crippen LogP contribution < -0.4 is 5.32 Å². The molecule has 1 aliphatic rings. The van der Waals surface area contributed by atoms with E-state index in [9.17, 15) is 5.11 Å². The maximum Gasteiger partial charge on any atom is 0.0640 e. The molecule has 0 bridgehead atoms. The molecule has 1 aromatic heterocycles. The molecule has 3 N–H and O–H groups in total. The first-order valence-corrected chi connectivity index (χ1v) is 6.79. The minimum absolute atomic E-state index is 0.0992. The van der Waals surface area contributed by atoms with Crippen molar-refractivity contribution in [2.75, 3.05) is 13.2 Å². The van der Waals surface area contributed by atoms with Crippen LogP contribution in [0.4, 0.5) is 0 Å². The molecular weight excluding hydrogens is 230 g/mol. The molecule has 1 saturated carbocycles. The van der Waals surface area contributed by atoms with E-state index in [1.807, 2.05) is 12.4 Å². The minimum Gasteiger partial charge on any atom is -0.394 e. The molecule has 1 heterocycles. The number of aromatic nitrogens is 2. The second kappa shape index (κ2) is 6.87. The topological polar surface area (TPSA) is 70.3 Å². The zero-order chi connectivity index (χ0) is 12.8. The molecule has 18 heavy (non-hydrogen) atoms. The summed E-state index contributed by atoms with van der Waals surface area (Å²) in [5.41, 5.74) is 1.14. The van der Waals surface area contributed by atoms with Crippen molar-refractivity contribution in [3.63, 3.8) is 0 Å². The van der Waals surface area contributed by atoms with Gasteiger partial charge >= 0.3 is 0 Å². The van der Waals surface area contributed by atoms with E-state index in [0.717, 1.165) is 37.9 Å². The molecule has 2 unspecified atom stereocenters. The van der Waals surface area contributed by atoms with Gasteiger partial charge in [-0.15, -0.1) is 0 Å². The summed E-state index contributed by atoms with van der Waals surface area (Å²) in [6.45, 7) is 2.43. The molecule has 2 rings (SSSR count). The van der Waals surface area contributed by atoms with Gasteiger partial charge in [-0.2, -0.15) is 5.10 Å². The Morgan fingerprint density at radius 2 is 2.33 bits per heavy atom. The zero-order valence-corrected chi connectivity index (χ0v) is 10.8.